The van der Waals surface area contributed by atoms with Crippen molar-refractivity contribution in [2.75, 3.05) is 18.9 Å². The Hall–Kier alpha value is -1.49. The summed E-state index contributed by atoms with van der Waals surface area (Å²) >= 11 is 1.60. The summed E-state index contributed by atoms with van der Waals surface area (Å²) in [6, 6.07) is 7.88. The fourth-order valence-electron chi connectivity index (χ4n) is 1.77. The van der Waals surface area contributed by atoms with Crippen molar-refractivity contribution >= 4 is 22.8 Å². The first kappa shape index (κ1) is 13.9. The van der Waals surface area contributed by atoms with Crippen molar-refractivity contribution in [2.45, 2.75) is 19.8 Å². The number of aliphatic imine (C=N–C) groups is 1. The molecule has 0 saturated carbocycles. The predicted octanol–water partition coefficient (Wildman–Crippen LogP) is 2.24. The summed E-state index contributed by atoms with van der Waals surface area (Å²) in [5.74, 6) is 1.86. The van der Waals surface area contributed by atoms with Gasteiger partial charge in [0, 0.05) is 12.2 Å². The summed E-state index contributed by atoms with van der Waals surface area (Å²) in [6.07, 6.45) is 1.21. The summed E-state index contributed by atoms with van der Waals surface area (Å²) in [5.41, 5.74) is 1.14. The van der Waals surface area contributed by atoms with Gasteiger partial charge in [0.05, 0.1) is 13.2 Å². The Bertz CT molecular complexity index is 457. The van der Waals surface area contributed by atoms with Crippen LogP contribution in [0, 0.1) is 0 Å². The summed E-state index contributed by atoms with van der Waals surface area (Å²) in [5, 5.41) is 3.59. The zero-order valence-electron chi connectivity index (χ0n) is 11.0. The van der Waals surface area contributed by atoms with Crippen LogP contribution in [0.15, 0.2) is 29.3 Å². The topological polar surface area (TPSA) is 50.7 Å². The van der Waals surface area contributed by atoms with E-state index in [2.05, 4.69) is 10.3 Å². The minimum absolute atomic E-state index is 0.0297. The van der Waals surface area contributed by atoms with E-state index in [0.29, 0.717) is 13.0 Å². The lowest BCUT2D eigenvalue weighted by molar-refractivity contribution is -0.119. The Balaban J connectivity index is 1.76. The van der Waals surface area contributed by atoms with Gasteiger partial charge in [-0.25, -0.2) is 0 Å². The molecule has 102 valence electrons. The molecule has 1 amide bonds. The van der Waals surface area contributed by atoms with Gasteiger partial charge in [0.1, 0.15) is 5.75 Å². The van der Waals surface area contributed by atoms with Gasteiger partial charge < -0.3 is 10.1 Å². The molecule has 0 aliphatic carbocycles. The molecule has 1 N–H and O–H groups in total. The van der Waals surface area contributed by atoms with Crippen molar-refractivity contribution in [3.8, 4) is 5.75 Å². The van der Waals surface area contributed by atoms with E-state index in [-0.39, 0.29) is 5.91 Å². The second-order valence-corrected chi connectivity index (χ2v) is 5.24. The molecule has 1 heterocycles. The molecule has 0 aromatic heterocycles. The first-order valence-electron chi connectivity index (χ1n) is 6.47. The number of nitrogens with one attached hydrogen (secondary N) is 1. The molecule has 2 rings (SSSR count). The van der Waals surface area contributed by atoms with Gasteiger partial charge in [-0.3, -0.25) is 9.79 Å². The number of carbonyl (C=O) groups excluding carboxylic acids is 1. The number of amidine groups is 1. The van der Waals surface area contributed by atoms with Crippen molar-refractivity contribution in [1.29, 1.82) is 0 Å². The standard InChI is InChI=1S/C14H18N2O2S/c1-2-18-12-6-3-11(4-7-12)5-8-13(17)16-14-15-9-10-19-14/h3-4,6-7H,2,5,8-10H2,1H3,(H,15,16,17). The summed E-state index contributed by atoms with van der Waals surface area (Å²) in [4.78, 5) is 15.9. The highest BCUT2D eigenvalue weighted by Crippen LogP contribution is 2.13. The fourth-order valence-corrected chi connectivity index (χ4v) is 2.51. The second kappa shape index (κ2) is 7.19. The summed E-state index contributed by atoms with van der Waals surface area (Å²) in [7, 11) is 0. The normalized spacial score (nSPS) is 14.1. The third-order valence-electron chi connectivity index (χ3n) is 2.71. The highest BCUT2D eigenvalue weighted by molar-refractivity contribution is 8.14. The number of hydrogen-bond acceptors (Lipinski definition) is 4. The van der Waals surface area contributed by atoms with Crippen molar-refractivity contribution in [3.05, 3.63) is 29.8 Å². The first-order valence-corrected chi connectivity index (χ1v) is 7.45. The zero-order chi connectivity index (χ0) is 13.5. The Morgan fingerprint density at radius 2 is 2.21 bits per heavy atom. The van der Waals surface area contributed by atoms with E-state index in [9.17, 15) is 4.79 Å². The number of nitrogens with zero attached hydrogens (tertiary/aromatic N) is 1. The summed E-state index contributed by atoms with van der Waals surface area (Å²) < 4.78 is 5.38. The van der Waals surface area contributed by atoms with Crippen LogP contribution in [0.4, 0.5) is 0 Å². The molecule has 0 unspecified atom stereocenters. The van der Waals surface area contributed by atoms with Crippen LogP contribution in [0.25, 0.3) is 0 Å². The maximum atomic E-state index is 11.7. The molecule has 0 spiro atoms. The molecule has 0 fully saturated rings. The van der Waals surface area contributed by atoms with E-state index < -0.39 is 0 Å². The van der Waals surface area contributed by atoms with Crippen LogP contribution in [0.3, 0.4) is 0 Å². The molecule has 4 nitrogen and oxygen atoms in total. The SMILES string of the molecule is CCOc1ccc(CCC(=O)NC2=NCCS2)cc1. The van der Waals surface area contributed by atoms with E-state index >= 15 is 0 Å². The number of rotatable bonds is 5. The Kier molecular flexibility index (Phi) is 5.27. The minimum atomic E-state index is 0.0297. The molecule has 1 aliphatic rings. The van der Waals surface area contributed by atoms with Crippen LogP contribution in [-0.2, 0) is 11.2 Å². The Morgan fingerprint density at radius 1 is 1.42 bits per heavy atom. The van der Waals surface area contributed by atoms with Gasteiger partial charge in [0.25, 0.3) is 0 Å². The van der Waals surface area contributed by atoms with Crippen molar-refractivity contribution < 1.29 is 9.53 Å². The second-order valence-electron chi connectivity index (χ2n) is 4.16. The quantitative estimate of drug-likeness (QED) is 0.898. The molecule has 5 heteroatoms. The lowest BCUT2D eigenvalue weighted by atomic mass is 10.1. The van der Waals surface area contributed by atoms with E-state index in [4.69, 9.17) is 4.74 Å². The number of hydrogen-bond donors (Lipinski definition) is 1. The Labute approximate surface area is 117 Å². The van der Waals surface area contributed by atoms with Crippen LogP contribution in [0.2, 0.25) is 0 Å². The van der Waals surface area contributed by atoms with Crippen LogP contribution in [-0.4, -0.2) is 30.0 Å². The fraction of sp³-hybridized carbons (Fsp3) is 0.429. The molecule has 0 atom stereocenters. The van der Waals surface area contributed by atoms with Gasteiger partial charge in [0.2, 0.25) is 5.91 Å². The number of benzene rings is 1. The molecule has 1 aliphatic heterocycles. The molecule has 1 aromatic rings. The van der Waals surface area contributed by atoms with E-state index in [1.54, 1.807) is 11.8 Å². The lowest BCUT2D eigenvalue weighted by Gasteiger charge is -2.06. The van der Waals surface area contributed by atoms with Gasteiger partial charge in [-0.15, -0.1) is 0 Å². The number of amides is 1. The average Bonchev–Trinajstić information content (AvgIpc) is 2.91. The van der Waals surface area contributed by atoms with E-state index in [0.717, 1.165) is 35.2 Å². The molecule has 0 saturated heterocycles. The highest BCUT2D eigenvalue weighted by atomic mass is 32.2. The van der Waals surface area contributed by atoms with Crippen molar-refractivity contribution in [3.63, 3.8) is 0 Å². The third kappa shape index (κ3) is 4.59. The number of ether oxygens (including phenoxy) is 1. The number of aryl methyl sites for hydroxylation is 1. The molecule has 19 heavy (non-hydrogen) atoms. The van der Waals surface area contributed by atoms with Gasteiger partial charge in [-0.1, -0.05) is 23.9 Å². The van der Waals surface area contributed by atoms with Gasteiger partial charge >= 0.3 is 0 Å². The molecular formula is C14H18N2O2S. The van der Waals surface area contributed by atoms with Gasteiger partial charge in [-0.05, 0) is 31.0 Å². The number of thioether (sulfide) groups is 1. The highest BCUT2D eigenvalue weighted by Gasteiger charge is 2.10. The maximum absolute atomic E-state index is 11.7. The number of carbonyl (C=O) groups is 1. The molecule has 0 radical (unpaired) electrons. The zero-order valence-corrected chi connectivity index (χ0v) is 11.8. The third-order valence-corrected chi connectivity index (χ3v) is 3.60. The molecule has 0 bridgehead atoms. The van der Waals surface area contributed by atoms with Crippen LogP contribution in [0.1, 0.15) is 18.9 Å². The first-order chi connectivity index (χ1) is 9.28. The van der Waals surface area contributed by atoms with E-state index in [1.807, 2.05) is 31.2 Å². The predicted molar refractivity (Wildman–Crippen MR) is 78.8 cm³/mol. The maximum Gasteiger partial charge on any atom is 0.226 e. The van der Waals surface area contributed by atoms with Crippen LogP contribution in [0.5, 0.6) is 5.75 Å². The van der Waals surface area contributed by atoms with Crippen LogP contribution >= 0.6 is 11.8 Å². The molecule has 1 aromatic carbocycles. The van der Waals surface area contributed by atoms with Crippen LogP contribution < -0.4 is 10.1 Å². The Morgan fingerprint density at radius 3 is 2.84 bits per heavy atom. The van der Waals surface area contributed by atoms with Gasteiger partial charge in [-0.2, -0.15) is 0 Å². The van der Waals surface area contributed by atoms with Gasteiger partial charge in [0.15, 0.2) is 5.17 Å². The minimum Gasteiger partial charge on any atom is -0.494 e. The lowest BCUT2D eigenvalue weighted by Crippen LogP contribution is -2.27. The average molecular weight is 278 g/mol. The summed E-state index contributed by atoms with van der Waals surface area (Å²) in [6.45, 7) is 3.43. The smallest absolute Gasteiger partial charge is 0.226 e. The van der Waals surface area contributed by atoms with E-state index in [1.165, 1.54) is 0 Å². The molecular weight excluding hydrogens is 260 g/mol. The van der Waals surface area contributed by atoms with Crippen molar-refractivity contribution in [2.24, 2.45) is 4.99 Å². The largest absolute Gasteiger partial charge is 0.494 e. The van der Waals surface area contributed by atoms with Crippen molar-refractivity contribution in [1.82, 2.24) is 5.32 Å². The monoisotopic (exact) mass is 278 g/mol.